The first-order valence-electron chi connectivity index (χ1n) is 9.23. The average molecular weight is 382 g/mol. The largest absolute Gasteiger partial charge is 0.493 e. The van der Waals surface area contributed by atoms with Gasteiger partial charge in [-0.1, -0.05) is 12.1 Å². The third-order valence-electron chi connectivity index (χ3n) is 4.76. The summed E-state index contributed by atoms with van der Waals surface area (Å²) in [6.45, 7) is 2.52. The van der Waals surface area contributed by atoms with E-state index in [2.05, 4.69) is 9.97 Å². The van der Waals surface area contributed by atoms with Gasteiger partial charge >= 0.3 is 0 Å². The highest BCUT2D eigenvalue weighted by atomic mass is 32.1. The number of benzene rings is 1. The summed E-state index contributed by atoms with van der Waals surface area (Å²) in [5.74, 6) is 1.97. The minimum Gasteiger partial charge on any atom is -0.493 e. The second-order valence-electron chi connectivity index (χ2n) is 6.52. The van der Waals surface area contributed by atoms with E-state index >= 15 is 0 Å². The van der Waals surface area contributed by atoms with Crippen molar-refractivity contribution in [3.8, 4) is 11.5 Å². The summed E-state index contributed by atoms with van der Waals surface area (Å²) in [5.41, 5.74) is 2.12. The van der Waals surface area contributed by atoms with Crippen LogP contribution < -0.4 is 15.0 Å². The van der Waals surface area contributed by atoms with Gasteiger partial charge in [-0.2, -0.15) is 0 Å². The zero-order valence-electron chi connectivity index (χ0n) is 15.5. The zero-order valence-corrected chi connectivity index (χ0v) is 16.3. The lowest BCUT2D eigenvalue weighted by molar-refractivity contribution is 0.311. The Morgan fingerprint density at radius 1 is 1.22 bits per heavy atom. The van der Waals surface area contributed by atoms with E-state index < -0.39 is 0 Å². The summed E-state index contributed by atoms with van der Waals surface area (Å²) in [6.07, 6.45) is 8.14. The monoisotopic (exact) mass is 382 g/mol. The second-order valence-corrected chi connectivity index (χ2v) is 7.60. The molecule has 0 saturated carbocycles. The number of hydrogen-bond acceptors (Lipinski definition) is 5. The number of methoxy groups -OCH3 is 1. The van der Waals surface area contributed by atoms with Gasteiger partial charge in [0.15, 0.2) is 11.5 Å². The van der Waals surface area contributed by atoms with Crippen LogP contribution in [0, 0.1) is 0 Å². The number of H-pyrrole nitrogens is 1. The Bertz CT molecular complexity index is 1070. The van der Waals surface area contributed by atoms with Crippen molar-refractivity contribution in [2.24, 2.45) is 0 Å². The summed E-state index contributed by atoms with van der Waals surface area (Å²) in [4.78, 5) is 22.3. The molecule has 0 spiro atoms. The Kier molecular flexibility index (Phi) is 4.99. The summed E-state index contributed by atoms with van der Waals surface area (Å²) in [6, 6.07) is 5.74. The first-order valence-corrected chi connectivity index (χ1v) is 10.0. The summed E-state index contributed by atoms with van der Waals surface area (Å²) >= 11 is 1.66. The van der Waals surface area contributed by atoms with E-state index in [0.29, 0.717) is 23.9 Å². The Morgan fingerprint density at radius 3 is 2.89 bits per heavy atom. The Balaban J connectivity index is 1.66. The number of fused-ring (bicyclic) bond motifs is 3. The number of ether oxygens (including phenoxy) is 2. The van der Waals surface area contributed by atoms with Crippen LogP contribution in [0.5, 0.6) is 11.5 Å². The van der Waals surface area contributed by atoms with Gasteiger partial charge in [0.05, 0.1) is 19.1 Å². The van der Waals surface area contributed by atoms with E-state index in [1.54, 1.807) is 18.4 Å². The van der Waals surface area contributed by atoms with E-state index in [0.717, 1.165) is 35.0 Å². The minimum atomic E-state index is -0.0386. The van der Waals surface area contributed by atoms with Gasteiger partial charge in [0.1, 0.15) is 10.7 Å². The standard InChI is InChI=1S/C21H22N2O3S/c1-3-26-15-10-8-13(12-16(15)25-2)9-11-18-22-20(24)19-14-6-4-5-7-17(14)27-21(19)23-18/h8-12H,3-7H2,1-2H3,(H,22,23,24). The lowest BCUT2D eigenvalue weighted by Gasteiger charge is -2.09. The second kappa shape index (κ2) is 7.56. The Morgan fingerprint density at radius 2 is 2.07 bits per heavy atom. The zero-order chi connectivity index (χ0) is 18.8. The van der Waals surface area contributed by atoms with Crippen LogP contribution in [0.2, 0.25) is 0 Å². The number of thiophene rings is 1. The lowest BCUT2D eigenvalue weighted by atomic mass is 9.97. The molecule has 27 heavy (non-hydrogen) atoms. The molecule has 1 aliphatic carbocycles. The molecule has 0 bridgehead atoms. The van der Waals surface area contributed by atoms with E-state index in [4.69, 9.17) is 9.47 Å². The Hall–Kier alpha value is -2.60. The first kappa shape index (κ1) is 17.8. The van der Waals surface area contributed by atoms with Gasteiger partial charge in [-0.15, -0.1) is 11.3 Å². The highest BCUT2D eigenvalue weighted by molar-refractivity contribution is 7.18. The van der Waals surface area contributed by atoms with Crippen molar-refractivity contribution >= 4 is 33.7 Å². The predicted octanol–water partition coefficient (Wildman–Crippen LogP) is 4.44. The van der Waals surface area contributed by atoms with E-state index in [9.17, 15) is 4.79 Å². The quantitative estimate of drug-likeness (QED) is 0.708. The number of aryl methyl sites for hydroxylation is 2. The van der Waals surface area contributed by atoms with Crippen LogP contribution in [-0.2, 0) is 12.8 Å². The molecule has 0 amide bonds. The van der Waals surface area contributed by atoms with Gasteiger partial charge < -0.3 is 14.5 Å². The van der Waals surface area contributed by atoms with E-state index in [1.807, 2.05) is 37.3 Å². The normalized spacial score (nSPS) is 13.9. The maximum absolute atomic E-state index is 12.6. The molecule has 0 atom stereocenters. The fraction of sp³-hybridized carbons (Fsp3) is 0.333. The maximum Gasteiger partial charge on any atom is 0.260 e. The number of rotatable bonds is 5. The van der Waals surface area contributed by atoms with Crippen molar-refractivity contribution < 1.29 is 9.47 Å². The molecular weight excluding hydrogens is 360 g/mol. The van der Waals surface area contributed by atoms with Gasteiger partial charge in [0.2, 0.25) is 0 Å². The molecule has 0 radical (unpaired) electrons. The highest BCUT2D eigenvalue weighted by Gasteiger charge is 2.19. The van der Waals surface area contributed by atoms with Gasteiger partial charge in [0, 0.05) is 4.88 Å². The summed E-state index contributed by atoms with van der Waals surface area (Å²) in [5, 5.41) is 0.787. The van der Waals surface area contributed by atoms with Gasteiger partial charge in [0.25, 0.3) is 5.56 Å². The molecule has 6 heteroatoms. The highest BCUT2D eigenvalue weighted by Crippen LogP contribution is 2.33. The number of hydrogen-bond donors (Lipinski definition) is 1. The van der Waals surface area contributed by atoms with Crippen molar-refractivity contribution in [3.63, 3.8) is 0 Å². The van der Waals surface area contributed by atoms with Crippen molar-refractivity contribution in [1.29, 1.82) is 0 Å². The fourth-order valence-corrected chi connectivity index (χ4v) is 4.77. The van der Waals surface area contributed by atoms with Crippen molar-refractivity contribution in [3.05, 3.63) is 50.4 Å². The number of nitrogens with one attached hydrogen (secondary N) is 1. The van der Waals surface area contributed by atoms with Gasteiger partial charge in [-0.25, -0.2) is 4.98 Å². The molecule has 1 aromatic carbocycles. The van der Waals surface area contributed by atoms with Crippen molar-refractivity contribution in [2.75, 3.05) is 13.7 Å². The summed E-state index contributed by atoms with van der Waals surface area (Å²) < 4.78 is 10.9. The molecule has 3 aromatic rings. The molecule has 140 valence electrons. The van der Waals surface area contributed by atoms with Crippen LogP contribution in [0.4, 0.5) is 0 Å². The molecular formula is C21H22N2O3S. The van der Waals surface area contributed by atoms with Gasteiger partial charge in [-0.3, -0.25) is 4.79 Å². The van der Waals surface area contributed by atoms with E-state index in [-0.39, 0.29) is 5.56 Å². The minimum absolute atomic E-state index is 0.0386. The Labute approximate surface area is 161 Å². The van der Waals surface area contributed by atoms with Crippen LogP contribution in [0.1, 0.15) is 41.6 Å². The molecule has 1 aliphatic rings. The molecule has 5 nitrogen and oxygen atoms in total. The molecule has 0 aliphatic heterocycles. The SMILES string of the molecule is CCOc1ccc(C=Cc2nc3sc4c(c3c(=O)[nH]2)CCCC4)cc1OC. The fourth-order valence-electron chi connectivity index (χ4n) is 3.50. The molecule has 0 unspecified atom stereocenters. The van der Waals surface area contributed by atoms with Crippen molar-refractivity contribution in [1.82, 2.24) is 9.97 Å². The van der Waals surface area contributed by atoms with Crippen LogP contribution in [0.25, 0.3) is 22.4 Å². The average Bonchev–Trinajstić information content (AvgIpc) is 3.06. The predicted molar refractivity (Wildman–Crippen MR) is 110 cm³/mol. The molecule has 1 N–H and O–H groups in total. The van der Waals surface area contributed by atoms with Crippen LogP contribution in [-0.4, -0.2) is 23.7 Å². The van der Waals surface area contributed by atoms with Crippen LogP contribution in [0.15, 0.2) is 23.0 Å². The number of aromatic nitrogens is 2. The molecule has 0 fully saturated rings. The topological polar surface area (TPSA) is 64.2 Å². The van der Waals surface area contributed by atoms with Crippen molar-refractivity contribution in [2.45, 2.75) is 32.6 Å². The molecule has 4 rings (SSSR count). The molecule has 2 aromatic heterocycles. The maximum atomic E-state index is 12.6. The lowest BCUT2D eigenvalue weighted by Crippen LogP contribution is -2.11. The van der Waals surface area contributed by atoms with Crippen LogP contribution in [0.3, 0.4) is 0 Å². The van der Waals surface area contributed by atoms with Gasteiger partial charge in [-0.05, 0) is 61.9 Å². The number of aromatic amines is 1. The first-order chi connectivity index (χ1) is 13.2. The third kappa shape index (κ3) is 3.49. The summed E-state index contributed by atoms with van der Waals surface area (Å²) in [7, 11) is 1.62. The number of nitrogens with zero attached hydrogens (tertiary/aromatic N) is 1. The third-order valence-corrected chi connectivity index (χ3v) is 5.95. The van der Waals surface area contributed by atoms with Crippen LogP contribution >= 0.6 is 11.3 Å². The van der Waals surface area contributed by atoms with E-state index in [1.165, 1.54) is 16.9 Å². The smallest absolute Gasteiger partial charge is 0.260 e. The molecule has 2 heterocycles. The molecule has 0 saturated heterocycles.